The van der Waals surface area contributed by atoms with Gasteiger partial charge in [0, 0.05) is 5.39 Å². The van der Waals surface area contributed by atoms with Crippen LogP contribution in [0.25, 0.3) is 10.9 Å². The number of fused-ring (bicyclic) bond motifs is 1. The standard InChI is InChI=1S/C10H7ClFNO/c1-5(14)8-6-3-2-4-7(12)9(6)13-10(8)11/h2-4,13H,1H3. The highest BCUT2D eigenvalue weighted by atomic mass is 35.5. The molecule has 0 fully saturated rings. The molecule has 14 heavy (non-hydrogen) atoms. The zero-order valence-electron chi connectivity index (χ0n) is 7.40. The lowest BCUT2D eigenvalue weighted by molar-refractivity contribution is 0.101. The average molecular weight is 212 g/mol. The van der Waals surface area contributed by atoms with E-state index in [9.17, 15) is 9.18 Å². The van der Waals surface area contributed by atoms with E-state index in [1.807, 2.05) is 0 Å². The summed E-state index contributed by atoms with van der Waals surface area (Å²) in [5, 5.41) is 0.722. The summed E-state index contributed by atoms with van der Waals surface area (Å²) < 4.78 is 13.2. The Labute approximate surface area is 84.7 Å². The second-order valence-corrected chi connectivity index (χ2v) is 3.41. The van der Waals surface area contributed by atoms with Crippen molar-refractivity contribution in [3.63, 3.8) is 0 Å². The maximum Gasteiger partial charge on any atom is 0.163 e. The highest BCUT2D eigenvalue weighted by Crippen LogP contribution is 2.27. The van der Waals surface area contributed by atoms with Gasteiger partial charge in [0.25, 0.3) is 0 Å². The number of benzene rings is 1. The van der Waals surface area contributed by atoms with Gasteiger partial charge in [-0.15, -0.1) is 0 Å². The molecule has 0 unspecified atom stereocenters. The van der Waals surface area contributed by atoms with Crippen molar-refractivity contribution in [2.24, 2.45) is 0 Å². The largest absolute Gasteiger partial charge is 0.343 e. The third kappa shape index (κ3) is 1.21. The van der Waals surface area contributed by atoms with Gasteiger partial charge in [-0.25, -0.2) is 4.39 Å². The van der Waals surface area contributed by atoms with E-state index in [-0.39, 0.29) is 16.5 Å². The van der Waals surface area contributed by atoms with Gasteiger partial charge in [-0.1, -0.05) is 23.7 Å². The summed E-state index contributed by atoms with van der Waals surface area (Å²) in [6, 6.07) is 4.53. The first-order valence-corrected chi connectivity index (χ1v) is 4.45. The number of nitrogens with one attached hydrogen (secondary N) is 1. The van der Waals surface area contributed by atoms with Crippen LogP contribution in [0.3, 0.4) is 0 Å². The number of carbonyl (C=O) groups excluding carboxylic acids is 1. The number of ketones is 1. The molecule has 0 saturated heterocycles. The predicted octanol–water partition coefficient (Wildman–Crippen LogP) is 3.16. The van der Waals surface area contributed by atoms with Gasteiger partial charge in [0.2, 0.25) is 0 Å². The molecule has 0 bridgehead atoms. The van der Waals surface area contributed by atoms with Gasteiger partial charge in [0.1, 0.15) is 11.0 Å². The number of rotatable bonds is 1. The van der Waals surface area contributed by atoms with Crippen molar-refractivity contribution in [3.8, 4) is 0 Å². The quantitative estimate of drug-likeness (QED) is 0.722. The van der Waals surface area contributed by atoms with E-state index in [0.29, 0.717) is 10.9 Å². The number of Topliss-reactive ketones (excluding diaryl/α,β-unsaturated/α-hetero) is 1. The fourth-order valence-electron chi connectivity index (χ4n) is 1.49. The highest BCUT2D eigenvalue weighted by molar-refractivity contribution is 6.35. The Morgan fingerprint density at radius 3 is 2.86 bits per heavy atom. The minimum Gasteiger partial charge on any atom is -0.343 e. The number of aromatic amines is 1. The Balaban J connectivity index is 2.90. The van der Waals surface area contributed by atoms with Gasteiger partial charge in [-0.2, -0.15) is 0 Å². The molecule has 0 saturated carbocycles. The molecule has 0 atom stereocenters. The van der Waals surface area contributed by atoms with Crippen molar-refractivity contribution in [1.29, 1.82) is 0 Å². The Morgan fingerprint density at radius 2 is 2.21 bits per heavy atom. The topological polar surface area (TPSA) is 32.9 Å². The molecule has 2 rings (SSSR count). The Morgan fingerprint density at radius 1 is 1.50 bits per heavy atom. The van der Waals surface area contributed by atoms with Crippen LogP contribution in [-0.2, 0) is 0 Å². The first kappa shape index (κ1) is 9.21. The Hall–Kier alpha value is -1.35. The molecular formula is C10H7ClFNO. The van der Waals surface area contributed by atoms with E-state index in [1.54, 1.807) is 12.1 Å². The maximum atomic E-state index is 13.2. The van der Waals surface area contributed by atoms with Crippen molar-refractivity contribution in [3.05, 3.63) is 34.7 Å². The van der Waals surface area contributed by atoms with Crippen molar-refractivity contribution in [2.45, 2.75) is 6.92 Å². The number of para-hydroxylation sites is 1. The van der Waals surface area contributed by atoms with E-state index in [2.05, 4.69) is 4.98 Å². The predicted molar refractivity (Wildman–Crippen MR) is 53.3 cm³/mol. The number of carbonyl (C=O) groups is 1. The fraction of sp³-hybridized carbons (Fsp3) is 0.100. The minimum absolute atomic E-state index is 0.174. The van der Waals surface area contributed by atoms with Crippen LogP contribution in [0.2, 0.25) is 5.15 Å². The number of hydrogen-bond acceptors (Lipinski definition) is 1. The number of halogens is 2. The molecule has 0 aliphatic carbocycles. The molecule has 0 spiro atoms. The first-order valence-electron chi connectivity index (χ1n) is 4.08. The molecule has 0 amide bonds. The van der Waals surface area contributed by atoms with Crippen molar-refractivity contribution < 1.29 is 9.18 Å². The van der Waals surface area contributed by atoms with Crippen LogP contribution in [-0.4, -0.2) is 10.8 Å². The minimum atomic E-state index is -0.406. The molecule has 1 aromatic carbocycles. The second-order valence-electron chi connectivity index (χ2n) is 3.03. The van der Waals surface area contributed by atoms with Crippen LogP contribution in [0.5, 0.6) is 0 Å². The average Bonchev–Trinajstić information content (AvgIpc) is 2.42. The van der Waals surface area contributed by atoms with E-state index in [1.165, 1.54) is 13.0 Å². The van der Waals surface area contributed by atoms with Crippen LogP contribution < -0.4 is 0 Å². The molecular weight excluding hydrogens is 205 g/mol. The number of H-pyrrole nitrogens is 1. The summed E-state index contributed by atoms with van der Waals surface area (Å²) in [7, 11) is 0. The van der Waals surface area contributed by atoms with Crippen LogP contribution in [0, 0.1) is 5.82 Å². The third-order valence-electron chi connectivity index (χ3n) is 2.09. The normalized spacial score (nSPS) is 10.8. The van der Waals surface area contributed by atoms with E-state index >= 15 is 0 Å². The lowest BCUT2D eigenvalue weighted by Gasteiger charge is -1.93. The molecule has 0 radical (unpaired) electrons. The van der Waals surface area contributed by atoms with Gasteiger partial charge in [-0.05, 0) is 13.0 Å². The van der Waals surface area contributed by atoms with Gasteiger partial charge in [0.05, 0.1) is 11.1 Å². The Bertz CT molecular complexity index is 518. The van der Waals surface area contributed by atoms with Gasteiger partial charge >= 0.3 is 0 Å². The van der Waals surface area contributed by atoms with Gasteiger partial charge in [-0.3, -0.25) is 4.79 Å². The van der Waals surface area contributed by atoms with Gasteiger partial charge in [0.15, 0.2) is 5.78 Å². The lowest BCUT2D eigenvalue weighted by Crippen LogP contribution is -1.90. The highest BCUT2D eigenvalue weighted by Gasteiger charge is 2.15. The van der Waals surface area contributed by atoms with Crippen molar-refractivity contribution in [1.82, 2.24) is 4.98 Å². The van der Waals surface area contributed by atoms with Gasteiger partial charge < -0.3 is 4.98 Å². The molecule has 0 aliphatic rings. The number of aromatic nitrogens is 1. The smallest absolute Gasteiger partial charge is 0.163 e. The molecule has 0 aliphatic heterocycles. The first-order chi connectivity index (χ1) is 6.61. The summed E-state index contributed by atoms with van der Waals surface area (Å²) in [5.41, 5.74) is 0.629. The van der Waals surface area contributed by atoms with Crippen LogP contribution in [0.15, 0.2) is 18.2 Å². The third-order valence-corrected chi connectivity index (χ3v) is 2.37. The zero-order chi connectivity index (χ0) is 10.3. The summed E-state index contributed by atoms with van der Waals surface area (Å²) in [4.78, 5) is 13.9. The van der Waals surface area contributed by atoms with Crippen LogP contribution in [0.4, 0.5) is 4.39 Å². The molecule has 72 valence electrons. The molecule has 1 heterocycles. The molecule has 1 aromatic heterocycles. The van der Waals surface area contributed by atoms with Crippen molar-refractivity contribution in [2.75, 3.05) is 0 Å². The summed E-state index contributed by atoms with van der Waals surface area (Å²) in [5.74, 6) is -0.580. The maximum absolute atomic E-state index is 13.2. The van der Waals surface area contributed by atoms with E-state index in [0.717, 1.165) is 0 Å². The Kier molecular flexibility index (Phi) is 2.04. The van der Waals surface area contributed by atoms with Crippen LogP contribution in [0.1, 0.15) is 17.3 Å². The molecule has 4 heteroatoms. The zero-order valence-corrected chi connectivity index (χ0v) is 8.15. The van der Waals surface area contributed by atoms with Crippen molar-refractivity contribution >= 4 is 28.3 Å². The lowest BCUT2D eigenvalue weighted by atomic mass is 10.1. The number of hydrogen-bond donors (Lipinski definition) is 1. The summed E-state index contributed by atoms with van der Waals surface area (Å²) in [6.07, 6.45) is 0. The van der Waals surface area contributed by atoms with E-state index in [4.69, 9.17) is 11.6 Å². The second kappa shape index (κ2) is 3.10. The fourth-order valence-corrected chi connectivity index (χ4v) is 1.82. The summed E-state index contributed by atoms with van der Waals surface area (Å²) >= 11 is 5.79. The SMILES string of the molecule is CC(=O)c1c(Cl)[nH]c2c(F)cccc12. The monoisotopic (exact) mass is 211 g/mol. The molecule has 2 nitrogen and oxygen atoms in total. The van der Waals surface area contributed by atoms with Crippen LogP contribution >= 0.6 is 11.6 Å². The molecule has 2 aromatic rings. The molecule has 1 N–H and O–H groups in total. The summed E-state index contributed by atoms with van der Waals surface area (Å²) in [6.45, 7) is 1.40. The van der Waals surface area contributed by atoms with E-state index < -0.39 is 5.82 Å².